The van der Waals surface area contributed by atoms with Gasteiger partial charge >= 0.3 is 0 Å². The Hall–Kier alpha value is -2.10. The van der Waals surface area contributed by atoms with Gasteiger partial charge in [-0.25, -0.2) is 0 Å². The van der Waals surface area contributed by atoms with Crippen molar-refractivity contribution in [3.05, 3.63) is 88.9 Å². The van der Waals surface area contributed by atoms with E-state index in [4.69, 9.17) is 4.74 Å². The molecule has 23 heavy (non-hydrogen) atoms. The highest BCUT2D eigenvalue weighted by Gasteiger charge is 2.11. The first-order chi connectivity index (χ1) is 11.3. The molecule has 1 unspecified atom stereocenters. The fraction of sp³-hybridized carbons (Fsp3) is 0.100. The van der Waals surface area contributed by atoms with E-state index in [-0.39, 0.29) is 12.7 Å². The van der Waals surface area contributed by atoms with E-state index in [1.165, 1.54) is 0 Å². The van der Waals surface area contributed by atoms with E-state index in [9.17, 15) is 5.11 Å². The minimum absolute atomic E-state index is 0.0571. The molecule has 3 rings (SSSR count). The van der Waals surface area contributed by atoms with Crippen molar-refractivity contribution in [3.63, 3.8) is 0 Å². The molecule has 0 bridgehead atoms. The quantitative estimate of drug-likeness (QED) is 0.668. The Bertz CT molecular complexity index is 737. The second-order valence-corrected chi connectivity index (χ2v) is 6.15. The first kappa shape index (κ1) is 15.8. The normalized spacial score (nSPS) is 11.9. The van der Waals surface area contributed by atoms with Gasteiger partial charge in [-0.3, -0.25) is 0 Å². The van der Waals surface area contributed by atoms with Gasteiger partial charge < -0.3 is 9.84 Å². The molecule has 3 aromatic rings. The van der Waals surface area contributed by atoms with Crippen molar-refractivity contribution in [2.75, 3.05) is 6.61 Å². The van der Waals surface area contributed by atoms with E-state index in [1.54, 1.807) is 0 Å². The summed E-state index contributed by atoms with van der Waals surface area (Å²) < 4.78 is 6.97. The summed E-state index contributed by atoms with van der Waals surface area (Å²) in [6.07, 6.45) is -0.352. The molecular weight excluding hydrogens is 352 g/mol. The van der Waals surface area contributed by atoms with Crippen LogP contribution in [0.25, 0.3) is 11.1 Å². The minimum Gasteiger partial charge on any atom is -0.483 e. The van der Waals surface area contributed by atoms with E-state index in [0.717, 1.165) is 26.9 Å². The molecule has 116 valence electrons. The predicted octanol–water partition coefficient (Wildman–Crippen LogP) is 5.23. The van der Waals surface area contributed by atoms with Crippen LogP contribution >= 0.6 is 15.9 Å². The first-order valence-electron chi connectivity index (χ1n) is 7.45. The Morgan fingerprint density at radius 1 is 0.783 bits per heavy atom. The Labute approximate surface area is 144 Å². The third-order valence-corrected chi connectivity index (χ3v) is 4.18. The molecule has 0 aliphatic heterocycles. The second kappa shape index (κ2) is 7.44. The van der Waals surface area contributed by atoms with Crippen molar-refractivity contribution in [1.82, 2.24) is 0 Å². The summed E-state index contributed by atoms with van der Waals surface area (Å²) >= 11 is 3.44. The molecule has 0 fully saturated rings. The average molecular weight is 369 g/mol. The summed E-state index contributed by atoms with van der Waals surface area (Å²) in [5, 5.41) is 9.57. The molecule has 0 aliphatic carbocycles. The molecule has 0 radical (unpaired) electrons. The molecule has 0 heterocycles. The largest absolute Gasteiger partial charge is 0.483 e. The maximum absolute atomic E-state index is 9.57. The lowest BCUT2D eigenvalue weighted by Gasteiger charge is -2.17. The summed E-state index contributed by atoms with van der Waals surface area (Å²) in [6.45, 7) is -0.0571. The van der Waals surface area contributed by atoms with Crippen LogP contribution in [-0.2, 0) is 0 Å². The molecule has 3 heteroatoms. The van der Waals surface area contributed by atoms with Crippen molar-refractivity contribution in [2.24, 2.45) is 0 Å². The maximum atomic E-state index is 9.57. The maximum Gasteiger partial charge on any atom is 0.147 e. The minimum atomic E-state index is -0.352. The summed E-state index contributed by atoms with van der Waals surface area (Å²) in [7, 11) is 0. The number of benzene rings is 3. The third-order valence-electron chi connectivity index (χ3n) is 3.65. The zero-order chi connectivity index (χ0) is 16.1. The molecule has 3 aromatic carbocycles. The second-order valence-electron chi connectivity index (χ2n) is 5.23. The lowest BCUT2D eigenvalue weighted by molar-refractivity contribution is 0.116. The van der Waals surface area contributed by atoms with Crippen molar-refractivity contribution >= 4 is 15.9 Å². The van der Waals surface area contributed by atoms with Crippen molar-refractivity contribution in [1.29, 1.82) is 0 Å². The Morgan fingerprint density at radius 3 is 1.91 bits per heavy atom. The van der Waals surface area contributed by atoms with Crippen molar-refractivity contribution in [3.8, 4) is 16.9 Å². The smallest absolute Gasteiger partial charge is 0.147 e. The summed E-state index contributed by atoms with van der Waals surface area (Å²) in [5.74, 6) is 0.744. The van der Waals surface area contributed by atoms with Crippen LogP contribution in [0.15, 0.2) is 83.3 Å². The van der Waals surface area contributed by atoms with Gasteiger partial charge in [0, 0.05) is 4.47 Å². The van der Waals surface area contributed by atoms with Crippen LogP contribution in [0, 0.1) is 0 Å². The predicted molar refractivity (Wildman–Crippen MR) is 96.5 cm³/mol. The molecule has 0 saturated carbocycles. The van der Waals surface area contributed by atoms with Crippen molar-refractivity contribution < 1.29 is 9.84 Å². The molecule has 2 nitrogen and oxygen atoms in total. The number of rotatable bonds is 5. The molecule has 1 N–H and O–H groups in total. The lowest BCUT2D eigenvalue weighted by atomic mass is 10.1. The number of ether oxygens (including phenoxy) is 1. The fourth-order valence-corrected chi connectivity index (χ4v) is 2.68. The molecule has 0 aromatic heterocycles. The van der Waals surface area contributed by atoms with Crippen LogP contribution in [0.1, 0.15) is 11.7 Å². The zero-order valence-corrected chi connectivity index (χ0v) is 14.1. The van der Waals surface area contributed by atoms with Crippen LogP contribution < -0.4 is 4.74 Å². The van der Waals surface area contributed by atoms with Gasteiger partial charge in [0.05, 0.1) is 6.61 Å². The fourth-order valence-electron chi connectivity index (χ4n) is 2.41. The van der Waals surface area contributed by atoms with Gasteiger partial charge in [0.2, 0.25) is 0 Å². The number of aliphatic hydroxyl groups excluding tert-OH is 1. The van der Waals surface area contributed by atoms with E-state index in [2.05, 4.69) is 28.1 Å². The molecule has 0 spiro atoms. The molecule has 0 amide bonds. The van der Waals surface area contributed by atoms with Crippen LogP contribution in [0.2, 0.25) is 0 Å². The number of hydrogen-bond acceptors (Lipinski definition) is 2. The van der Waals surface area contributed by atoms with Gasteiger partial charge in [-0.1, -0.05) is 70.5 Å². The van der Waals surface area contributed by atoms with E-state index in [1.807, 2.05) is 66.7 Å². The van der Waals surface area contributed by atoms with Crippen LogP contribution in [-0.4, -0.2) is 11.7 Å². The van der Waals surface area contributed by atoms with E-state index >= 15 is 0 Å². The molecule has 0 saturated heterocycles. The van der Waals surface area contributed by atoms with Gasteiger partial charge in [0.1, 0.15) is 11.9 Å². The average Bonchev–Trinajstić information content (AvgIpc) is 2.62. The van der Waals surface area contributed by atoms with Crippen LogP contribution in [0.4, 0.5) is 0 Å². The standard InChI is InChI=1S/C20H17BrO2/c21-18-10-6-15(7-11-18)16-8-12-19(13-9-16)23-20(14-22)17-4-2-1-3-5-17/h1-13,20,22H,14H2. The zero-order valence-electron chi connectivity index (χ0n) is 12.5. The summed E-state index contributed by atoms with van der Waals surface area (Å²) in [4.78, 5) is 0. The molecule has 1 atom stereocenters. The van der Waals surface area contributed by atoms with E-state index < -0.39 is 0 Å². The van der Waals surface area contributed by atoms with Gasteiger partial charge in [-0.2, -0.15) is 0 Å². The van der Waals surface area contributed by atoms with Gasteiger partial charge in [0.25, 0.3) is 0 Å². The highest BCUT2D eigenvalue weighted by Crippen LogP contribution is 2.26. The third kappa shape index (κ3) is 4.01. The SMILES string of the molecule is OCC(Oc1ccc(-c2ccc(Br)cc2)cc1)c1ccccc1. The Morgan fingerprint density at radius 2 is 1.35 bits per heavy atom. The Balaban J connectivity index is 1.75. The van der Waals surface area contributed by atoms with Crippen LogP contribution in [0.3, 0.4) is 0 Å². The number of hydrogen-bond donors (Lipinski definition) is 1. The number of halogens is 1. The topological polar surface area (TPSA) is 29.5 Å². The lowest BCUT2D eigenvalue weighted by Crippen LogP contribution is -2.11. The summed E-state index contributed by atoms with van der Waals surface area (Å²) in [6, 6.07) is 25.9. The van der Waals surface area contributed by atoms with Gasteiger partial charge in [-0.15, -0.1) is 0 Å². The Kier molecular flexibility index (Phi) is 5.11. The molecular formula is C20H17BrO2. The van der Waals surface area contributed by atoms with Gasteiger partial charge in [0.15, 0.2) is 0 Å². The van der Waals surface area contributed by atoms with Crippen molar-refractivity contribution in [2.45, 2.75) is 6.10 Å². The summed E-state index contributed by atoms with van der Waals surface area (Å²) in [5.41, 5.74) is 3.25. The molecule has 0 aliphatic rings. The first-order valence-corrected chi connectivity index (χ1v) is 8.24. The van der Waals surface area contributed by atoms with E-state index in [0.29, 0.717) is 0 Å². The highest BCUT2D eigenvalue weighted by molar-refractivity contribution is 9.10. The monoisotopic (exact) mass is 368 g/mol. The van der Waals surface area contributed by atoms with Crippen LogP contribution in [0.5, 0.6) is 5.75 Å². The highest BCUT2D eigenvalue weighted by atomic mass is 79.9. The van der Waals surface area contributed by atoms with Gasteiger partial charge in [-0.05, 0) is 41.0 Å². The number of aliphatic hydroxyl groups is 1.